The molecule has 0 saturated heterocycles. The van der Waals surface area contributed by atoms with Crippen molar-refractivity contribution in [3.63, 3.8) is 0 Å². The van der Waals surface area contributed by atoms with E-state index in [1.54, 1.807) is 0 Å². The molecule has 4 rings (SSSR count). The molecule has 2 nitrogen and oxygen atoms in total. The van der Waals surface area contributed by atoms with Crippen LogP contribution in [-0.2, 0) is 0 Å². The van der Waals surface area contributed by atoms with Crippen LogP contribution in [0.3, 0.4) is 0 Å². The minimum Gasteiger partial charge on any atom is -0.256 e. The highest BCUT2D eigenvalue weighted by Crippen LogP contribution is 2.28. The lowest BCUT2D eigenvalue weighted by atomic mass is 10.0. The van der Waals surface area contributed by atoms with Crippen LogP contribution >= 0.6 is 0 Å². The molecule has 0 aliphatic carbocycles. The SMILES string of the molecule is c1cnc2cc(-c3cccc4ccccc34)ncc2c1. The quantitative estimate of drug-likeness (QED) is 0.503. The first kappa shape index (κ1) is 11.1. The molecular formula is C18H12N2. The lowest BCUT2D eigenvalue weighted by molar-refractivity contribution is 1.33. The molecule has 0 unspecified atom stereocenters. The normalized spacial score (nSPS) is 11.0. The van der Waals surface area contributed by atoms with Crippen molar-refractivity contribution in [3.8, 4) is 11.3 Å². The van der Waals surface area contributed by atoms with Crippen LogP contribution in [0.1, 0.15) is 0 Å². The average Bonchev–Trinajstić information content (AvgIpc) is 2.54. The molecule has 4 aromatic rings. The third-order valence-electron chi connectivity index (χ3n) is 3.55. The average molecular weight is 256 g/mol. The van der Waals surface area contributed by atoms with E-state index in [0.717, 1.165) is 22.2 Å². The van der Waals surface area contributed by atoms with Gasteiger partial charge in [-0.2, -0.15) is 0 Å². The molecule has 0 amide bonds. The van der Waals surface area contributed by atoms with Crippen LogP contribution in [0, 0.1) is 0 Å². The van der Waals surface area contributed by atoms with Gasteiger partial charge in [-0.25, -0.2) is 0 Å². The number of aromatic nitrogens is 2. The van der Waals surface area contributed by atoms with E-state index in [-0.39, 0.29) is 0 Å². The minimum absolute atomic E-state index is 0.966. The molecule has 2 heteroatoms. The Bertz CT molecular complexity index is 908. The van der Waals surface area contributed by atoms with E-state index in [9.17, 15) is 0 Å². The monoisotopic (exact) mass is 256 g/mol. The molecule has 94 valence electrons. The molecule has 0 saturated carbocycles. The van der Waals surface area contributed by atoms with Gasteiger partial charge in [-0.1, -0.05) is 42.5 Å². The molecular weight excluding hydrogens is 244 g/mol. The molecule has 20 heavy (non-hydrogen) atoms. The van der Waals surface area contributed by atoms with Crippen LogP contribution in [0.15, 0.2) is 73.1 Å². The summed E-state index contributed by atoms with van der Waals surface area (Å²) in [6.07, 6.45) is 3.70. The number of hydrogen-bond acceptors (Lipinski definition) is 2. The maximum Gasteiger partial charge on any atom is 0.0739 e. The van der Waals surface area contributed by atoms with Gasteiger partial charge in [0.25, 0.3) is 0 Å². The summed E-state index contributed by atoms with van der Waals surface area (Å²) >= 11 is 0. The van der Waals surface area contributed by atoms with Crippen molar-refractivity contribution >= 4 is 21.7 Å². The van der Waals surface area contributed by atoms with Gasteiger partial charge in [-0.15, -0.1) is 0 Å². The Morgan fingerprint density at radius 1 is 0.700 bits per heavy atom. The summed E-state index contributed by atoms with van der Waals surface area (Å²) in [5.74, 6) is 0. The zero-order chi connectivity index (χ0) is 13.4. The molecule has 0 N–H and O–H groups in total. The Kier molecular flexibility index (Phi) is 2.46. The number of rotatable bonds is 1. The summed E-state index contributed by atoms with van der Waals surface area (Å²) in [6.45, 7) is 0. The van der Waals surface area contributed by atoms with E-state index < -0.39 is 0 Å². The molecule has 2 heterocycles. The van der Waals surface area contributed by atoms with E-state index in [4.69, 9.17) is 0 Å². The Morgan fingerprint density at radius 3 is 2.55 bits per heavy atom. The maximum absolute atomic E-state index is 4.59. The minimum atomic E-state index is 0.966. The molecule has 0 aliphatic heterocycles. The molecule has 0 bridgehead atoms. The summed E-state index contributed by atoms with van der Waals surface area (Å²) in [5.41, 5.74) is 3.09. The van der Waals surface area contributed by atoms with Crippen molar-refractivity contribution < 1.29 is 0 Å². The maximum atomic E-state index is 4.59. The van der Waals surface area contributed by atoms with E-state index in [0.29, 0.717) is 0 Å². The van der Waals surface area contributed by atoms with E-state index in [2.05, 4.69) is 58.5 Å². The molecule has 2 aromatic heterocycles. The Hall–Kier alpha value is -2.74. The first-order chi connectivity index (χ1) is 9.92. The molecule has 0 aliphatic rings. The predicted octanol–water partition coefficient (Wildman–Crippen LogP) is 4.45. The van der Waals surface area contributed by atoms with Crippen molar-refractivity contribution in [3.05, 3.63) is 73.1 Å². The van der Waals surface area contributed by atoms with Crippen molar-refractivity contribution in [1.82, 2.24) is 9.97 Å². The zero-order valence-corrected chi connectivity index (χ0v) is 10.8. The molecule has 0 atom stereocenters. The Morgan fingerprint density at radius 2 is 1.55 bits per heavy atom. The van der Waals surface area contributed by atoms with Crippen LogP contribution in [0.2, 0.25) is 0 Å². The molecule has 0 radical (unpaired) electrons. The van der Waals surface area contributed by atoms with Gasteiger partial charge in [0, 0.05) is 23.3 Å². The standard InChI is InChI=1S/C18H12N2/c1-2-8-15-13(5-1)6-3-9-16(15)18-11-17-14(12-20-18)7-4-10-19-17/h1-12H. The van der Waals surface area contributed by atoms with Gasteiger partial charge in [0.1, 0.15) is 0 Å². The van der Waals surface area contributed by atoms with E-state index >= 15 is 0 Å². The van der Waals surface area contributed by atoms with Gasteiger partial charge in [-0.05, 0) is 29.0 Å². The van der Waals surface area contributed by atoms with Gasteiger partial charge < -0.3 is 0 Å². The number of hydrogen-bond donors (Lipinski definition) is 0. The second-order valence-corrected chi connectivity index (χ2v) is 4.79. The highest BCUT2D eigenvalue weighted by molar-refractivity contribution is 5.97. The van der Waals surface area contributed by atoms with E-state index in [1.165, 1.54) is 10.8 Å². The summed E-state index contributed by atoms with van der Waals surface area (Å²) in [4.78, 5) is 8.99. The van der Waals surface area contributed by atoms with Gasteiger partial charge >= 0.3 is 0 Å². The summed E-state index contributed by atoms with van der Waals surface area (Å²) < 4.78 is 0. The van der Waals surface area contributed by atoms with Gasteiger partial charge in [0.2, 0.25) is 0 Å². The van der Waals surface area contributed by atoms with Crippen molar-refractivity contribution in [2.45, 2.75) is 0 Å². The summed E-state index contributed by atoms with van der Waals surface area (Å²) in [6, 6.07) is 20.7. The van der Waals surface area contributed by atoms with Crippen LogP contribution < -0.4 is 0 Å². The van der Waals surface area contributed by atoms with Crippen molar-refractivity contribution in [2.75, 3.05) is 0 Å². The fourth-order valence-corrected chi connectivity index (χ4v) is 2.56. The van der Waals surface area contributed by atoms with Crippen LogP contribution in [0.5, 0.6) is 0 Å². The fourth-order valence-electron chi connectivity index (χ4n) is 2.56. The zero-order valence-electron chi connectivity index (χ0n) is 10.8. The second-order valence-electron chi connectivity index (χ2n) is 4.79. The highest BCUT2D eigenvalue weighted by Gasteiger charge is 2.05. The van der Waals surface area contributed by atoms with Gasteiger partial charge in [-0.3, -0.25) is 9.97 Å². The van der Waals surface area contributed by atoms with Crippen LogP contribution in [0.4, 0.5) is 0 Å². The first-order valence-corrected chi connectivity index (χ1v) is 6.61. The second kappa shape index (κ2) is 4.42. The number of nitrogens with zero attached hydrogens (tertiary/aromatic N) is 2. The van der Waals surface area contributed by atoms with E-state index in [1.807, 2.05) is 24.5 Å². The Labute approximate surface area is 116 Å². The lowest BCUT2D eigenvalue weighted by Crippen LogP contribution is -1.87. The fraction of sp³-hybridized carbons (Fsp3) is 0. The summed E-state index contributed by atoms with van der Waals surface area (Å²) in [7, 11) is 0. The number of benzene rings is 2. The topological polar surface area (TPSA) is 25.8 Å². The lowest BCUT2D eigenvalue weighted by Gasteiger charge is -2.06. The number of pyridine rings is 2. The van der Waals surface area contributed by atoms with Gasteiger partial charge in [0.15, 0.2) is 0 Å². The van der Waals surface area contributed by atoms with Crippen LogP contribution in [0.25, 0.3) is 32.9 Å². The third-order valence-corrected chi connectivity index (χ3v) is 3.55. The third kappa shape index (κ3) is 1.74. The smallest absolute Gasteiger partial charge is 0.0739 e. The van der Waals surface area contributed by atoms with Gasteiger partial charge in [0.05, 0.1) is 11.2 Å². The number of fused-ring (bicyclic) bond motifs is 2. The molecule has 0 fully saturated rings. The van der Waals surface area contributed by atoms with Crippen molar-refractivity contribution in [2.24, 2.45) is 0 Å². The first-order valence-electron chi connectivity index (χ1n) is 6.61. The Balaban J connectivity index is 2.01. The molecule has 2 aromatic carbocycles. The van der Waals surface area contributed by atoms with Crippen molar-refractivity contribution in [1.29, 1.82) is 0 Å². The summed E-state index contributed by atoms with van der Waals surface area (Å²) in [5, 5.41) is 3.52. The highest BCUT2D eigenvalue weighted by atomic mass is 14.7. The predicted molar refractivity (Wildman–Crippen MR) is 82.5 cm³/mol. The largest absolute Gasteiger partial charge is 0.256 e. The van der Waals surface area contributed by atoms with Crippen LogP contribution in [-0.4, -0.2) is 9.97 Å². The molecule has 0 spiro atoms.